The highest BCUT2D eigenvalue weighted by atomic mass is 16.7. The Morgan fingerprint density at radius 3 is 2.18 bits per heavy atom. The molecule has 4 heteroatoms. The van der Waals surface area contributed by atoms with Crippen molar-refractivity contribution in [2.24, 2.45) is 0 Å². The Labute approximate surface area is 131 Å². The van der Waals surface area contributed by atoms with E-state index in [9.17, 15) is 4.79 Å². The van der Waals surface area contributed by atoms with Gasteiger partial charge in [-0.15, -0.1) is 0 Å². The number of rotatable bonds is 6. The first kappa shape index (κ1) is 16.0. The maximum absolute atomic E-state index is 12.4. The average Bonchev–Trinajstić information content (AvgIpc) is 2.59. The second-order valence-electron chi connectivity index (χ2n) is 5.04. The lowest BCUT2D eigenvalue weighted by Gasteiger charge is -2.26. The fourth-order valence-corrected chi connectivity index (χ4v) is 2.28. The summed E-state index contributed by atoms with van der Waals surface area (Å²) in [6.07, 6.45) is 1.83. The Morgan fingerprint density at radius 1 is 1.00 bits per heavy atom. The van der Waals surface area contributed by atoms with Crippen LogP contribution in [0.25, 0.3) is 0 Å². The Bertz CT molecular complexity index is 572. The number of urea groups is 1. The van der Waals surface area contributed by atoms with Gasteiger partial charge in [-0.2, -0.15) is 0 Å². The van der Waals surface area contributed by atoms with Crippen LogP contribution in [0.1, 0.15) is 12.0 Å². The van der Waals surface area contributed by atoms with E-state index in [0.717, 1.165) is 18.5 Å². The number of hydrogen-bond acceptors (Lipinski definition) is 2. The fraction of sp³-hybridized carbons (Fsp3) is 0.278. The third-order valence-electron chi connectivity index (χ3n) is 3.53. The molecule has 0 aromatic heterocycles. The smallest absolute Gasteiger partial charge is 0.293 e. The lowest BCUT2D eigenvalue weighted by atomic mass is 10.1. The van der Waals surface area contributed by atoms with E-state index in [4.69, 9.17) is 4.84 Å². The lowest BCUT2D eigenvalue weighted by Crippen LogP contribution is -2.41. The molecule has 4 nitrogen and oxygen atoms in total. The standard InChI is InChI=1S/C18H22N2O2/c1-19(22-2)18(21)20(17-13-7-4-8-14-17)15-9-12-16-10-5-3-6-11-16/h3-8,10-11,13-14H,9,12,15H2,1-2H3. The van der Waals surface area contributed by atoms with Crippen molar-refractivity contribution in [3.63, 3.8) is 0 Å². The number of hydroxylamine groups is 2. The number of nitrogens with zero attached hydrogens (tertiary/aromatic N) is 2. The Balaban J connectivity index is 2.03. The number of aryl methyl sites for hydroxylation is 1. The molecule has 2 aromatic rings. The third-order valence-corrected chi connectivity index (χ3v) is 3.53. The number of hydrogen-bond donors (Lipinski definition) is 0. The van der Waals surface area contributed by atoms with Crippen LogP contribution in [-0.4, -0.2) is 31.8 Å². The van der Waals surface area contributed by atoms with Gasteiger partial charge in [0.25, 0.3) is 0 Å². The van der Waals surface area contributed by atoms with Crippen LogP contribution < -0.4 is 4.90 Å². The van der Waals surface area contributed by atoms with Gasteiger partial charge >= 0.3 is 6.03 Å². The normalized spacial score (nSPS) is 10.3. The van der Waals surface area contributed by atoms with Crippen molar-refractivity contribution in [1.82, 2.24) is 5.06 Å². The minimum atomic E-state index is -0.165. The molecule has 0 aliphatic carbocycles. The van der Waals surface area contributed by atoms with Crippen LogP contribution in [0.4, 0.5) is 10.5 Å². The summed E-state index contributed by atoms with van der Waals surface area (Å²) < 4.78 is 0. The SMILES string of the molecule is CON(C)C(=O)N(CCCc1ccccc1)c1ccccc1. The second kappa shape index (κ2) is 8.20. The lowest BCUT2D eigenvalue weighted by molar-refractivity contribution is -0.0622. The average molecular weight is 298 g/mol. The zero-order valence-corrected chi connectivity index (χ0v) is 13.1. The van der Waals surface area contributed by atoms with Crippen molar-refractivity contribution in [2.75, 3.05) is 25.6 Å². The van der Waals surface area contributed by atoms with Gasteiger partial charge in [0, 0.05) is 19.3 Å². The van der Waals surface area contributed by atoms with Crippen molar-refractivity contribution in [2.45, 2.75) is 12.8 Å². The molecular formula is C18H22N2O2. The molecule has 0 heterocycles. The quantitative estimate of drug-likeness (QED) is 0.761. The van der Waals surface area contributed by atoms with Gasteiger partial charge in [-0.25, -0.2) is 9.86 Å². The second-order valence-corrected chi connectivity index (χ2v) is 5.04. The van der Waals surface area contributed by atoms with Gasteiger partial charge in [0.2, 0.25) is 0 Å². The van der Waals surface area contributed by atoms with Crippen molar-refractivity contribution in [1.29, 1.82) is 0 Å². The summed E-state index contributed by atoms with van der Waals surface area (Å²) in [6, 6.07) is 19.8. The maximum Gasteiger partial charge on any atom is 0.348 e. The number of anilines is 1. The summed E-state index contributed by atoms with van der Waals surface area (Å²) in [5.74, 6) is 0. The first-order valence-electron chi connectivity index (χ1n) is 7.40. The molecule has 2 rings (SSSR count). The first-order valence-corrected chi connectivity index (χ1v) is 7.40. The molecule has 22 heavy (non-hydrogen) atoms. The van der Waals surface area contributed by atoms with E-state index in [1.54, 1.807) is 11.9 Å². The Hall–Kier alpha value is -2.33. The zero-order chi connectivity index (χ0) is 15.8. The fourth-order valence-electron chi connectivity index (χ4n) is 2.28. The molecule has 0 fully saturated rings. The minimum absolute atomic E-state index is 0.165. The van der Waals surface area contributed by atoms with E-state index in [2.05, 4.69) is 12.1 Å². The molecule has 0 saturated heterocycles. The van der Waals surface area contributed by atoms with Crippen LogP contribution >= 0.6 is 0 Å². The van der Waals surface area contributed by atoms with Crippen molar-refractivity contribution in [3.8, 4) is 0 Å². The maximum atomic E-state index is 12.4. The van der Waals surface area contributed by atoms with Crippen LogP contribution in [0.15, 0.2) is 60.7 Å². The molecule has 0 saturated carbocycles. The number of para-hydroxylation sites is 1. The van der Waals surface area contributed by atoms with Crippen LogP contribution in [0.5, 0.6) is 0 Å². The summed E-state index contributed by atoms with van der Waals surface area (Å²) in [7, 11) is 3.11. The molecule has 0 aliphatic heterocycles. The van der Waals surface area contributed by atoms with Gasteiger partial charge in [0.1, 0.15) is 0 Å². The van der Waals surface area contributed by atoms with Crippen molar-refractivity contribution < 1.29 is 9.63 Å². The van der Waals surface area contributed by atoms with Gasteiger partial charge < -0.3 is 0 Å². The topological polar surface area (TPSA) is 32.8 Å². The molecule has 0 aliphatic rings. The van der Waals surface area contributed by atoms with Gasteiger partial charge in [-0.05, 0) is 30.5 Å². The van der Waals surface area contributed by atoms with Gasteiger partial charge in [0.15, 0.2) is 0 Å². The Kier molecular flexibility index (Phi) is 5.98. The van der Waals surface area contributed by atoms with E-state index in [1.807, 2.05) is 48.5 Å². The van der Waals surface area contributed by atoms with Gasteiger partial charge in [-0.1, -0.05) is 48.5 Å². The van der Waals surface area contributed by atoms with E-state index in [0.29, 0.717) is 6.54 Å². The molecular weight excluding hydrogens is 276 g/mol. The Morgan fingerprint density at radius 2 is 1.59 bits per heavy atom. The molecule has 0 bridgehead atoms. The third kappa shape index (κ3) is 4.33. The first-order chi connectivity index (χ1) is 10.7. The van der Waals surface area contributed by atoms with Crippen molar-refractivity contribution >= 4 is 11.7 Å². The molecule has 2 aromatic carbocycles. The van der Waals surface area contributed by atoms with Crippen LogP contribution in [-0.2, 0) is 11.3 Å². The predicted molar refractivity (Wildman–Crippen MR) is 88.7 cm³/mol. The van der Waals surface area contributed by atoms with Gasteiger partial charge in [0.05, 0.1) is 7.11 Å². The summed E-state index contributed by atoms with van der Waals surface area (Å²) in [6.45, 7) is 0.644. The number of amides is 2. The molecule has 2 amide bonds. The van der Waals surface area contributed by atoms with Crippen LogP contribution in [0.3, 0.4) is 0 Å². The van der Waals surface area contributed by atoms with Crippen LogP contribution in [0.2, 0.25) is 0 Å². The van der Waals surface area contributed by atoms with E-state index in [-0.39, 0.29) is 6.03 Å². The minimum Gasteiger partial charge on any atom is -0.293 e. The number of carbonyl (C=O) groups excluding carboxylic acids is 1. The highest BCUT2D eigenvalue weighted by Gasteiger charge is 2.19. The molecule has 0 radical (unpaired) electrons. The largest absolute Gasteiger partial charge is 0.348 e. The molecule has 116 valence electrons. The summed E-state index contributed by atoms with van der Waals surface area (Å²) >= 11 is 0. The molecule has 0 spiro atoms. The summed E-state index contributed by atoms with van der Waals surface area (Å²) in [5.41, 5.74) is 2.16. The summed E-state index contributed by atoms with van der Waals surface area (Å²) in [5, 5.41) is 1.25. The monoisotopic (exact) mass is 298 g/mol. The predicted octanol–water partition coefficient (Wildman–Crippen LogP) is 3.74. The zero-order valence-electron chi connectivity index (χ0n) is 13.1. The molecule has 0 atom stereocenters. The van der Waals surface area contributed by atoms with Gasteiger partial charge in [-0.3, -0.25) is 9.74 Å². The summed E-state index contributed by atoms with van der Waals surface area (Å²) in [4.78, 5) is 19.2. The highest BCUT2D eigenvalue weighted by molar-refractivity contribution is 5.91. The highest BCUT2D eigenvalue weighted by Crippen LogP contribution is 2.16. The van der Waals surface area contributed by atoms with E-state index >= 15 is 0 Å². The van der Waals surface area contributed by atoms with Crippen LogP contribution in [0, 0.1) is 0 Å². The van der Waals surface area contributed by atoms with Crippen molar-refractivity contribution in [3.05, 3.63) is 66.2 Å². The molecule has 0 N–H and O–H groups in total. The van der Waals surface area contributed by atoms with E-state index in [1.165, 1.54) is 17.7 Å². The van der Waals surface area contributed by atoms with E-state index < -0.39 is 0 Å². The number of carbonyl (C=O) groups is 1. The molecule has 0 unspecified atom stereocenters. The number of benzene rings is 2.